The first-order chi connectivity index (χ1) is 9.15. The molecule has 2 aromatic rings. The quantitative estimate of drug-likeness (QED) is 0.889. The van der Waals surface area contributed by atoms with Crippen LogP contribution in [0, 0.1) is 11.6 Å². The lowest BCUT2D eigenvalue weighted by molar-refractivity contribution is 0.505. The third-order valence-electron chi connectivity index (χ3n) is 3.11. The number of rotatable bonds is 4. The molecule has 0 aliphatic heterocycles. The number of hydrogen-bond donors (Lipinski definition) is 2. The molecule has 0 aromatic heterocycles. The second-order valence-electron chi connectivity index (χ2n) is 4.34. The van der Waals surface area contributed by atoms with Crippen molar-refractivity contribution >= 4 is 0 Å². The number of benzene rings is 2. The van der Waals surface area contributed by atoms with E-state index in [1.165, 1.54) is 6.07 Å². The SMILES string of the molecule is CNC(c1ccc(CN)cc1)c1ccc(F)c(F)c1. The molecule has 4 heteroatoms. The minimum atomic E-state index is -0.837. The minimum absolute atomic E-state index is 0.179. The monoisotopic (exact) mass is 262 g/mol. The fraction of sp³-hybridized carbons (Fsp3) is 0.200. The van der Waals surface area contributed by atoms with Crippen molar-refractivity contribution in [2.24, 2.45) is 5.73 Å². The Morgan fingerprint density at radius 1 is 1.00 bits per heavy atom. The van der Waals surface area contributed by atoms with Crippen LogP contribution in [-0.2, 0) is 6.54 Å². The zero-order valence-electron chi connectivity index (χ0n) is 10.7. The molecule has 0 heterocycles. The summed E-state index contributed by atoms with van der Waals surface area (Å²) >= 11 is 0. The molecule has 0 aliphatic carbocycles. The van der Waals surface area contributed by atoms with E-state index >= 15 is 0 Å². The topological polar surface area (TPSA) is 38.0 Å². The number of hydrogen-bond acceptors (Lipinski definition) is 2. The molecule has 100 valence electrons. The summed E-state index contributed by atoms with van der Waals surface area (Å²) in [6, 6.07) is 11.5. The van der Waals surface area contributed by atoms with E-state index in [0.29, 0.717) is 12.1 Å². The van der Waals surface area contributed by atoms with Crippen LogP contribution in [0.3, 0.4) is 0 Å². The van der Waals surface area contributed by atoms with E-state index in [1.807, 2.05) is 24.3 Å². The highest BCUT2D eigenvalue weighted by atomic mass is 19.2. The predicted molar refractivity (Wildman–Crippen MR) is 71.6 cm³/mol. The Kier molecular flexibility index (Phi) is 4.24. The van der Waals surface area contributed by atoms with Crippen LogP contribution in [0.15, 0.2) is 42.5 Å². The average molecular weight is 262 g/mol. The Labute approximate surface area is 111 Å². The van der Waals surface area contributed by atoms with Gasteiger partial charge in [0.15, 0.2) is 11.6 Å². The van der Waals surface area contributed by atoms with Crippen molar-refractivity contribution in [1.82, 2.24) is 5.32 Å². The maximum atomic E-state index is 13.3. The standard InChI is InChI=1S/C15H16F2N2/c1-19-15(11-4-2-10(9-18)3-5-11)12-6-7-13(16)14(17)8-12/h2-8,15,19H,9,18H2,1H3. The van der Waals surface area contributed by atoms with E-state index in [2.05, 4.69) is 5.32 Å². The second-order valence-corrected chi connectivity index (χ2v) is 4.34. The number of halogens is 2. The first-order valence-corrected chi connectivity index (χ1v) is 6.07. The van der Waals surface area contributed by atoms with E-state index in [0.717, 1.165) is 17.2 Å². The molecule has 2 nitrogen and oxygen atoms in total. The third kappa shape index (κ3) is 2.97. The van der Waals surface area contributed by atoms with E-state index in [4.69, 9.17) is 5.73 Å². The molecule has 1 atom stereocenters. The zero-order valence-corrected chi connectivity index (χ0v) is 10.7. The molecule has 0 fully saturated rings. The smallest absolute Gasteiger partial charge is 0.159 e. The molecule has 2 aromatic carbocycles. The van der Waals surface area contributed by atoms with E-state index < -0.39 is 11.6 Å². The van der Waals surface area contributed by atoms with Crippen molar-refractivity contribution in [1.29, 1.82) is 0 Å². The lowest BCUT2D eigenvalue weighted by atomic mass is 9.97. The maximum absolute atomic E-state index is 13.3. The van der Waals surface area contributed by atoms with Gasteiger partial charge in [0.1, 0.15) is 0 Å². The van der Waals surface area contributed by atoms with Gasteiger partial charge >= 0.3 is 0 Å². The highest BCUT2D eigenvalue weighted by Gasteiger charge is 2.14. The first kappa shape index (κ1) is 13.6. The molecule has 0 aliphatic rings. The van der Waals surface area contributed by atoms with Gasteiger partial charge in [0.2, 0.25) is 0 Å². The third-order valence-corrected chi connectivity index (χ3v) is 3.11. The average Bonchev–Trinajstić information content (AvgIpc) is 2.44. The van der Waals surface area contributed by atoms with Crippen LogP contribution in [0.2, 0.25) is 0 Å². The van der Waals surface area contributed by atoms with Gasteiger partial charge in [-0.15, -0.1) is 0 Å². The molecule has 0 bridgehead atoms. The van der Waals surface area contributed by atoms with Gasteiger partial charge in [-0.25, -0.2) is 8.78 Å². The molecule has 0 saturated carbocycles. The summed E-state index contributed by atoms with van der Waals surface area (Å²) in [5, 5.41) is 3.10. The van der Waals surface area contributed by atoms with Gasteiger partial charge in [-0.2, -0.15) is 0 Å². The predicted octanol–water partition coefficient (Wildman–Crippen LogP) is 2.73. The van der Waals surface area contributed by atoms with Crippen LogP contribution in [0.4, 0.5) is 8.78 Å². The van der Waals surface area contributed by atoms with Gasteiger partial charge in [0.25, 0.3) is 0 Å². The Morgan fingerprint density at radius 2 is 1.63 bits per heavy atom. The van der Waals surface area contributed by atoms with Gasteiger partial charge < -0.3 is 11.1 Å². The summed E-state index contributed by atoms with van der Waals surface area (Å²) in [7, 11) is 1.78. The molecule has 0 spiro atoms. The van der Waals surface area contributed by atoms with Crippen LogP contribution < -0.4 is 11.1 Å². The normalized spacial score (nSPS) is 12.4. The van der Waals surface area contributed by atoms with Crippen molar-refractivity contribution in [3.63, 3.8) is 0 Å². The fourth-order valence-corrected chi connectivity index (χ4v) is 2.06. The summed E-state index contributed by atoms with van der Waals surface area (Å²) in [6.45, 7) is 0.482. The lowest BCUT2D eigenvalue weighted by Crippen LogP contribution is -2.18. The molecule has 0 amide bonds. The highest BCUT2D eigenvalue weighted by molar-refractivity contribution is 5.34. The Hall–Kier alpha value is -1.78. The molecule has 2 rings (SSSR count). The van der Waals surface area contributed by atoms with Crippen molar-refractivity contribution < 1.29 is 8.78 Å². The number of nitrogens with one attached hydrogen (secondary N) is 1. The molecule has 3 N–H and O–H groups in total. The molecule has 19 heavy (non-hydrogen) atoms. The molecular formula is C15H16F2N2. The van der Waals surface area contributed by atoms with Crippen molar-refractivity contribution in [3.8, 4) is 0 Å². The molecular weight excluding hydrogens is 246 g/mol. The van der Waals surface area contributed by atoms with Crippen molar-refractivity contribution in [2.45, 2.75) is 12.6 Å². The molecule has 1 unspecified atom stereocenters. The number of nitrogens with two attached hydrogens (primary N) is 1. The van der Waals surface area contributed by atoms with E-state index in [1.54, 1.807) is 13.1 Å². The summed E-state index contributed by atoms with van der Waals surface area (Å²) in [5.41, 5.74) is 8.24. The molecule has 0 radical (unpaired) electrons. The van der Waals surface area contributed by atoms with Crippen molar-refractivity contribution in [2.75, 3.05) is 7.05 Å². The van der Waals surface area contributed by atoms with Crippen LogP contribution >= 0.6 is 0 Å². The Morgan fingerprint density at radius 3 is 2.16 bits per heavy atom. The van der Waals surface area contributed by atoms with Gasteiger partial charge in [-0.3, -0.25) is 0 Å². The Balaban J connectivity index is 2.34. The van der Waals surface area contributed by atoms with Gasteiger partial charge in [-0.05, 0) is 35.9 Å². The van der Waals surface area contributed by atoms with Gasteiger partial charge in [-0.1, -0.05) is 30.3 Å². The summed E-state index contributed by atoms with van der Waals surface area (Å²) in [4.78, 5) is 0. The first-order valence-electron chi connectivity index (χ1n) is 6.07. The summed E-state index contributed by atoms with van der Waals surface area (Å²) < 4.78 is 26.2. The zero-order chi connectivity index (χ0) is 13.8. The van der Waals surface area contributed by atoms with Crippen molar-refractivity contribution in [3.05, 3.63) is 70.8 Å². The lowest BCUT2D eigenvalue weighted by Gasteiger charge is -2.17. The minimum Gasteiger partial charge on any atom is -0.326 e. The second kappa shape index (κ2) is 5.91. The van der Waals surface area contributed by atoms with E-state index in [9.17, 15) is 8.78 Å². The largest absolute Gasteiger partial charge is 0.326 e. The highest BCUT2D eigenvalue weighted by Crippen LogP contribution is 2.23. The fourth-order valence-electron chi connectivity index (χ4n) is 2.06. The van der Waals surface area contributed by atoms with Crippen LogP contribution in [0.5, 0.6) is 0 Å². The van der Waals surface area contributed by atoms with Crippen LogP contribution in [0.25, 0.3) is 0 Å². The molecule has 0 saturated heterocycles. The van der Waals surface area contributed by atoms with E-state index in [-0.39, 0.29) is 6.04 Å². The van der Waals surface area contributed by atoms with Gasteiger partial charge in [0.05, 0.1) is 6.04 Å². The summed E-state index contributed by atoms with van der Waals surface area (Å²) in [6.07, 6.45) is 0. The maximum Gasteiger partial charge on any atom is 0.159 e. The summed E-state index contributed by atoms with van der Waals surface area (Å²) in [5.74, 6) is -1.67. The Bertz CT molecular complexity index is 553. The van der Waals surface area contributed by atoms with Gasteiger partial charge in [0, 0.05) is 6.54 Å². The van der Waals surface area contributed by atoms with Crippen LogP contribution in [0.1, 0.15) is 22.7 Å². The van der Waals surface area contributed by atoms with Crippen LogP contribution in [-0.4, -0.2) is 7.05 Å².